The summed E-state index contributed by atoms with van der Waals surface area (Å²) in [7, 11) is 0. The van der Waals surface area contributed by atoms with Crippen LogP contribution in [0.2, 0.25) is 0 Å². The van der Waals surface area contributed by atoms with Crippen molar-refractivity contribution in [2.24, 2.45) is 0 Å². The number of benzene rings is 4. The second-order valence-corrected chi connectivity index (χ2v) is 8.67. The summed E-state index contributed by atoms with van der Waals surface area (Å²) in [6.45, 7) is 0. The van der Waals surface area contributed by atoms with E-state index in [1.165, 1.54) is 0 Å². The second-order valence-electron chi connectivity index (χ2n) is 8.67. The van der Waals surface area contributed by atoms with Crippen LogP contribution in [0.15, 0.2) is 128 Å². The van der Waals surface area contributed by atoms with Crippen molar-refractivity contribution in [3.8, 4) is 34.0 Å². The molecule has 0 saturated heterocycles. The minimum Gasteiger partial charge on any atom is -0.453 e. The topological polar surface area (TPSA) is 38.2 Å². The molecule has 170 valence electrons. The van der Waals surface area contributed by atoms with E-state index in [0.717, 1.165) is 61.8 Å². The Bertz CT molecular complexity index is 1660. The molecule has 6 aromatic rings. The molecule has 4 aromatic carbocycles. The second kappa shape index (κ2) is 8.36. The summed E-state index contributed by atoms with van der Waals surface area (Å²) >= 11 is 0. The van der Waals surface area contributed by atoms with Crippen LogP contribution in [0.3, 0.4) is 0 Å². The molecule has 7 rings (SSSR count). The maximum Gasteiger partial charge on any atom is 0.152 e. The Balaban J connectivity index is 1.63. The molecule has 0 amide bonds. The highest BCUT2D eigenvalue weighted by molar-refractivity contribution is 6.07. The molecule has 2 aromatic heterocycles. The maximum absolute atomic E-state index is 6.46. The third kappa shape index (κ3) is 3.23. The summed E-state index contributed by atoms with van der Waals surface area (Å²) < 4.78 is 6.46. The molecule has 1 aliphatic rings. The van der Waals surface area contributed by atoms with Crippen LogP contribution in [0.1, 0.15) is 0 Å². The van der Waals surface area contributed by atoms with Gasteiger partial charge >= 0.3 is 0 Å². The average molecular weight is 464 g/mol. The highest BCUT2D eigenvalue weighted by atomic mass is 16.5. The lowest BCUT2D eigenvalue weighted by atomic mass is 9.96. The molecule has 4 nitrogen and oxygen atoms in total. The number of hydrogen-bond donors (Lipinski definition) is 0. The van der Waals surface area contributed by atoms with Gasteiger partial charge in [-0.25, -0.2) is 0 Å². The van der Waals surface area contributed by atoms with Gasteiger partial charge in [-0.3, -0.25) is 9.97 Å². The molecule has 0 fully saturated rings. The van der Waals surface area contributed by atoms with Gasteiger partial charge < -0.3 is 9.64 Å². The Morgan fingerprint density at radius 3 is 1.89 bits per heavy atom. The number of rotatable bonds is 3. The molecule has 0 N–H and O–H groups in total. The van der Waals surface area contributed by atoms with Gasteiger partial charge in [0.2, 0.25) is 0 Å². The van der Waals surface area contributed by atoms with E-state index in [0.29, 0.717) is 0 Å². The van der Waals surface area contributed by atoms with Gasteiger partial charge in [0.05, 0.1) is 28.5 Å². The highest BCUT2D eigenvalue weighted by Gasteiger charge is 2.31. The fourth-order valence-corrected chi connectivity index (χ4v) is 4.99. The van der Waals surface area contributed by atoms with E-state index in [9.17, 15) is 0 Å². The molecule has 0 saturated carbocycles. The summed E-state index contributed by atoms with van der Waals surface area (Å²) in [5.41, 5.74) is 6.84. The first kappa shape index (κ1) is 20.4. The van der Waals surface area contributed by atoms with Crippen LogP contribution in [0, 0.1) is 0 Å². The van der Waals surface area contributed by atoms with E-state index in [1.807, 2.05) is 48.8 Å². The molecule has 0 atom stereocenters. The molecule has 0 bridgehead atoms. The van der Waals surface area contributed by atoms with Crippen molar-refractivity contribution < 1.29 is 4.74 Å². The summed E-state index contributed by atoms with van der Waals surface area (Å²) in [6.07, 6.45) is 3.67. The first-order valence-electron chi connectivity index (χ1n) is 11.9. The SMILES string of the molecule is c1ccc(-c2cccc(-c3ccccn3)c2N2c3ccccc3Oc3ccc4ccccc4c32)nc1. The van der Waals surface area contributed by atoms with Crippen LogP contribution in [-0.2, 0) is 0 Å². The molecule has 0 unspecified atom stereocenters. The standard InChI is InChI=1S/C32H21N3O/c1-2-11-23-22(10-1)18-19-30-32(23)35(28-16-3-4-17-29(28)36-30)31-24(26-14-5-7-20-33-26)12-9-13-25(31)27-15-6-8-21-34-27/h1-21H. The lowest BCUT2D eigenvalue weighted by Crippen LogP contribution is -2.18. The number of nitrogens with zero attached hydrogens (tertiary/aromatic N) is 3. The lowest BCUT2D eigenvalue weighted by molar-refractivity contribution is 0.478. The van der Waals surface area contributed by atoms with Crippen LogP contribution in [0.4, 0.5) is 17.1 Å². The van der Waals surface area contributed by atoms with E-state index < -0.39 is 0 Å². The van der Waals surface area contributed by atoms with Gasteiger partial charge in [-0.2, -0.15) is 0 Å². The first-order valence-corrected chi connectivity index (χ1v) is 11.9. The maximum atomic E-state index is 6.46. The van der Waals surface area contributed by atoms with E-state index in [4.69, 9.17) is 14.7 Å². The first-order chi connectivity index (χ1) is 17.9. The van der Waals surface area contributed by atoms with Crippen molar-refractivity contribution in [1.82, 2.24) is 9.97 Å². The number of hydrogen-bond acceptors (Lipinski definition) is 4. The van der Waals surface area contributed by atoms with Gasteiger partial charge in [0.15, 0.2) is 11.5 Å². The molecule has 0 spiro atoms. The smallest absolute Gasteiger partial charge is 0.152 e. The summed E-state index contributed by atoms with van der Waals surface area (Å²) in [5.74, 6) is 1.62. The van der Waals surface area contributed by atoms with Gasteiger partial charge in [0.25, 0.3) is 0 Å². The molecule has 0 radical (unpaired) electrons. The Hall–Kier alpha value is -4.96. The highest BCUT2D eigenvalue weighted by Crippen LogP contribution is 2.56. The fourth-order valence-electron chi connectivity index (χ4n) is 4.99. The number of anilines is 3. The summed E-state index contributed by atoms with van der Waals surface area (Å²) in [4.78, 5) is 11.8. The van der Waals surface area contributed by atoms with Crippen LogP contribution in [0.25, 0.3) is 33.3 Å². The third-order valence-electron chi connectivity index (χ3n) is 6.55. The molecule has 1 aliphatic heterocycles. The van der Waals surface area contributed by atoms with Gasteiger partial charge in [0, 0.05) is 28.9 Å². The van der Waals surface area contributed by atoms with Crippen LogP contribution in [-0.4, -0.2) is 9.97 Å². The quantitative estimate of drug-likeness (QED) is 0.263. The monoisotopic (exact) mass is 463 g/mol. The minimum atomic E-state index is 0.808. The van der Waals surface area contributed by atoms with E-state index in [1.54, 1.807) is 0 Å². The molecule has 36 heavy (non-hydrogen) atoms. The molecular formula is C32H21N3O. The van der Waals surface area contributed by atoms with Crippen molar-refractivity contribution in [3.63, 3.8) is 0 Å². The predicted molar refractivity (Wildman–Crippen MR) is 145 cm³/mol. The van der Waals surface area contributed by atoms with Crippen LogP contribution >= 0.6 is 0 Å². The van der Waals surface area contributed by atoms with Crippen LogP contribution in [0.5, 0.6) is 11.5 Å². The Labute approximate surface area is 209 Å². The Kier molecular flexibility index (Phi) is 4.74. The number of aromatic nitrogens is 2. The van der Waals surface area contributed by atoms with E-state index in [2.05, 4.69) is 83.8 Å². The normalized spacial score (nSPS) is 12.1. The van der Waals surface area contributed by atoms with Crippen LogP contribution < -0.4 is 9.64 Å². The van der Waals surface area contributed by atoms with E-state index in [-0.39, 0.29) is 0 Å². The number of ether oxygens (including phenoxy) is 1. The Morgan fingerprint density at radius 1 is 0.500 bits per heavy atom. The third-order valence-corrected chi connectivity index (χ3v) is 6.55. The van der Waals surface area contributed by atoms with Gasteiger partial charge in [-0.1, -0.05) is 72.8 Å². The molecule has 0 aliphatic carbocycles. The molecule has 3 heterocycles. The predicted octanol–water partition coefficient (Wildman–Crippen LogP) is 8.54. The zero-order valence-corrected chi connectivity index (χ0v) is 19.4. The largest absolute Gasteiger partial charge is 0.453 e. The minimum absolute atomic E-state index is 0.808. The lowest BCUT2D eigenvalue weighted by Gasteiger charge is -2.36. The van der Waals surface area contributed by atoms with Gasteiger partial charge in [-0.05, 0) is 47.9 Å². The zero-order chi connectivity index (χ0) is 23.9. The zero-order valence-electron chi connectivity index (χ0n) is 19.4. The van der Waals surface area contributed by atoms with Gasteiger partial charge in [-0.15, -0.1) is 0 Å². The number of para-hydroxylation sites is 3. The molecular weight excluding hydrogens is 442 g/mol. The average Bonchev–Trinajstić information content (AvgIpc) is 2.96. The van der Waals surface area contributed by atoms with Crippen molar-refractivity contribution in [2.75, 3.05) is 4.90 Å². The van der Waals surface area contributed by atoms with Gasteiger partial charge in [0.1, 0.15) is 0 Å². The van der Waals surface area contributed by atoms with E-state index >= 15 is 0 Å². The number of pyridine rings is 2. The fraction of sp³-hybridized carbons (Fsp3) is 0. The summed E-state index contributed by atoms with van der Waals surface area (Å²) in [6, 6.07) is 39.2. The Morgan fingerprint density at radius 2 is 1.17 bits per heavy atom. The van der Waals surface area contributed by atoms with Crippen molar-refractivity contribution in [2.45, 2.75) is 0 Å². The van der Waals surface area contributed by atoms with Crippen molar-refractivity contribution >= 4 is 27.8 Å². The number of fused-ring (bicyclic) bond motifs is 4. The van der Waals surface area contributed by atoms with Crippen molar-refractivity contribution in [3.05, 3.63) is 128 Å². The van der Waals surface area contributed by atoms with Crippen molar-refractivity contribution in [1.29, 1.82) is 0 Å². The molecule has 4 heteroatoms. The summed E-state index contributed by atoms with van der Waals surface area (Å²) in [5, 5.41) is 2.27.